The van der Waals surface area contributed by atoms with Crippen LogP contribution in [0.15, 0.2) is 120 Å². The number of allylic oxidation sites excluding steroid dienone is 5. The topological polar surface area (TPSA) is 448 Å². The van der Waals surface area contributed by atoms with Gasteiger partial charge < -0.3 is 97.8 Å². The summed E-state index contributed by atoms with van der Waals surface area (Å²) >= 11 is 0. The molecule has 138 heavy (non-hydrogen) atoms. The van der Waals surface area contributed by atoms with Crippen LogP contribution in [0, 0.1) is 35.5 Å². The average Bonchev–Trinajstić information content (AvgIpc) is 1.69. The van der Waals surface area contributed by atoms with Crippen molar-refractivity contribution < 1.29 is 100 Å². The summed E-state index contributed by atoms with van der Waals surface area (Å²) in [5.41, 5.74) is 21.3. The highest BCUT2D eigenvalue weighted by atomic mass is 16.6. The molecule has 2 bridgehead atoms. The minimum absolute atomic E-state index is 0.00661. The second-order valence-corrected chi connectivity index (χ2v) is 37.7. The molecule has 7 aromatic rings. The molecule has 4 fully saturated rings. The summed E-state index contributed by atoms with van der Waals surface area (Å²) in [5, 5.41) is 29.6. The average molecular weight is 1910 g/mol. The number of aromatic nitrogens is 9. The highest BCUT2D eigenvalue weighted by Gasteiger charge is 2.54. The number of nitrogen functional groups attached to an aromatic ring is 2. The first-order valence-electron chi connectivity index (χ1n) is 48.8. The molecular formula is C102H139N15O21. The number of nitrogens with two attached hydrogens (primary N) is 2. The number of ether oxygens (including phenoxy) is 11. The molecule has 1 saturated carbocycles. The fourth-order valence-corrected chi connectivity index (χ4v) is 19.6. The van der Waals surface area contributed by atoms with E-state index in [4.69, 9.17) is 73.1 Å². The number of piperazine rings is 1. The Hall–Kier alpha value is -10.8. The smallest absolute Gasteiger partial charge is 0.329 e. The van der Waals surface area contributed by atoms with Gasteiger partial charge in [-0.2, -0.15) is 10.1 Å². The van der Waals surface area contributed by atoms with Crippen molar-refractivity contribution in [1.29, 1.82) is 0 Å². The molecule has 0 spiro atoms. The number of ketones is 3. The van der Waals surface area contributed by atoms with Crippen LogP contribution in [0.1, 0.15) is 184 Å². The number of amides is 2. The number of aliphatic hydroxyl groups is 2. The standard InChI is InChI=1S/C102H139N15O21/c1-63-18-13-12-14-19-64(2)83(127-8)54-78-29-22-69(7)102(126,138-78)93(122)97(124)116-34-16-15-20-80(116)98(125)136-85(55-84(128-9)65(3)49-68(6)91(121)92(130-11)90(120)67(5)48-63)66(4)50-70-25-30-82(86(52-70)129-10)135-87(119)21-17-40-131-42-44-133-46-47-134-45-43-132-41-33-77(118)28-24-72-56-105-100(106-57-72)113-36-38-114(39-37-113)101-107-58-76(59-108-101)96(123)115-35-32-73-51-71(23-26-75(73)61-115)60-117-95-88(94(103)109-62-110-95)89(112-117)74-27-31-81-79(53-74)111-99(104)137-81/h12-14,18-19,23,26-27,31,49,51,53,56-59,62-63,65-67,69-70,78,80,82-86,91-92,121,126H,15-17,20-22,24-25,28-30,32-48,50,52,54-55,60-61H2,1-11H3,(H2,104,111)(H2,103,109,110)/b14-12+,18-13+,64-19+,68-49+/t63-,65-,66-,67-,69-,70+,78+,80+,82-,83+,84-,85+,86-,91-,92+,102-/m1/s1. The SMILES string of the molecule is CO[C@H]1C[C@@H]2CC[C@@H](C)[C@@](O)(O2)C(=O)C(=O)N2CCCC[C@H]2C(=O)O[C@H]([C@H](C)C[C@@H]2CC[C@@H](OC(=O)CCCOCCOCCOCCOCCC(=O)CCc3cnc(N4CCN(c5ncc(C(=O)N6CCc7cc(Cn8nc(-c9ccc%10oc(N)nc%10c9)c9c(N)ncnc98)ccc7C6)cn5)CC4)nc3)[C@H](OC)C2)C[C@@H](OC)[C@H](C)/C=C(\C)[C@@H](O)[C@@H](OC)C(=O)[C@H](C)C[C@H](C)/C=C/C=C/C=C/1C. The first kappa shape index (κ1) is 105. The van der Waals surface area contributed by atoms with E-state index in [1.807, 2.05) is 98.9 Å². The van der Waals surface area contributed by atoms with Crippen LogP contribution in [0.5, 0.6) is 0 Å². The molecule has 2 aromatic carbocycles. The number of rotatable bonds is 33. The predicted octanol–water partition coefficient (Wildman–Crippen LogP) is 10.9. The fourth-order valence-electron chi connectivity index (χ4n) is 19.6. The van der Waals surface area contributed by atoms with Gasteiger partial charge in [0.15, 0.2) is 17.0 Å². The number of Topliss-reactive ketones (excluding diaryl/α,β-unsaturated/α-hetero) is 3. The van der Waals surface area contributed by atoms with E-state index in [1.165, 1.54) is 18.3 Å². The van der Waals surface area contributed by atoms with Gasteiger partial charge in [0.05, 0.1) is 88.2 Å². The van der Waals surface area contributed by atoms with E-state index in [2.05, 4.69) is 56.8 Å². The Morgan fingerprint density at radius 3 is 2.07 bits per heavy atom. The molecule has 1 aliphatic carbocycles. The number of oxazole rings is 1. The molecule has 36 heteroatoms. The summed E-state index contributed by atoms with van der Waals surface area (Å²) in [7, 11) is 6.17. The second kappa shape index (κ2) is 50.4. The van der Waals surface area contributed by atoms with Gasteiger partial charge in [0.2, 0.25) is 17.7 Å². The quantitative estimate of drug-likeness (QED) is 0.0128. The van der Waals surface area contributed by atoms with Crippen LogP contribution in [0.3, 0.4) is 0 Å². The van der Waals surface area contributed by atoms with Crippen LogP contribution in [-0.2, 0) is 107 Å². The number of carbonyl (C=O) groups is 7. The summed E-state index contributed by atoms with van der Waals surface area (Å²) in [6.07, 6.45) is 21.9. The summed E-state index contributed by atoms with van der Waals surface area (Å²) < 4.78 is 72.9. The Kier molecular flexibility index (Phi) is 38.2. The molecule has 13 rings (SSSR count). The van der Waals surface area contributed by atoms with Crippen molar-refractivity contribution in [2.75, 3.05) is 142 Å². The number of benzene rings is 2. The zero-order chi connectivity index (χ0) is 98.1. The second-order valence-electron chi connectivity index (χ2n) is 37.7. The van der Waals surface area contributed by atoms with E-state index in [1.54, 1.807) is 66.0 Å². The van der Waals surface area contributed by atoms with Gasteiger partial charge in [0, 0.05) is 161 Å². The number of methoxy groups -OCH3 is 4. The Bertz CT molecular complexity index is 5370. The normalized spacial score (nSPS) is 27.0. The van der Waals surface area contributed by atoms with Gasteiger partial charge in [-0.15, -0.1) is 0 Å². The number of anilines is 4. The number of nitrogens with zero attached hydrogens (tertiary/aromatic N) is 13. The maximum absolute atomic E-state index is 14.9. The lowest BCUT2D eigenvalue weighted by atomic mass is 9.78. The predicted molar refractivity (Wildman–Crippen MR) is 515 cm³/mol. The van der Waals surface area contributed by atoms with Crippen LogP contribution >= 0.6 is 0 Å². The van der Waals surface area contributed by atoms with Gasteiger partial charge in [0.25, 0.3) is 23.6 Å². The number of carbonyl (C=O) groups excluding carboxylic acids is 7. The number of hydrogen-bond donors (Lipinski definition) is 4. The van der Waals surface area contributed by atoms with Gasteiger partial charge in [-0.05, 0) is 167 Å². The van der Waals surface area contributed by atoms with E-state index in [9.17, 15) is 43.8 Å². The number of cyclic esters (lactones) is 1. The lowest BCUT2D eigenvalue weighted by molar-refractivity contribution is -0.265. The lowest BCUT2D eigenvalue weighted by Gasteiger charge is -2.43. The van der Waals surface area contributed by atoms with Gasteiger partial charge >= 0.3 is 11.9 Å². The molecule has 16 atom stereocenters. The number of aliphatic hydroxyl groups excluding tert-OH is 1. The van der Waals surface area contributed by atoms with Crippen LogP contribution in [-0.4, -0.2) is 287 Å². The maximum Gasteiger partial charge on any atom is 0.329 e. The molecule has 2 amide bonds. The Morgan fingerprint density at radius 1 is 0.667 bits per heavy atom. The molecule has 36 nitrogen and oxygen atoms in total. The molecule has 6 N–H and O–H groups in total. The van der Waals surface area contributed by atoms with Gasteiger partial charge in [0.1, 0.15) is 59.6 Å². The van der Waals surface area contributed by atoms with Crippen molar-refractivity contribution in [1.82, 2.24) is 54.5 Å². The van der Waals surface area contributed by atoms with Gasteiger partial charge in [-0.3, -0.25) is 28.8 Å². The number of hydrogen-bond acceptors (Lipinski definition) is 33. The highest BCUT2D eigenvalue weighted by molar-refractivity contribution is 6.39. The van der Waals surface area contributed by atoms with Crippen LogP contribution < -0.4 is 21.3 Å². The van der Waals surface area contributed by atoms with Crippen molar-refractivity contribution in [3.63, 3.8) is 0 Å². The Morgan fingerprint density at radius 2 is 1.37 bits per heavy atom. The van der Waals surface area contributed by atoms with Crippen molar-refractivity contribution in [2.24, 2.45) is 35.5 Å². The number of esters is 2. The molecule has 3 saturated heterocycles. The molecular weight excluding hydrogens is 1770 g/mol. The lowest BCUT2D eigenvalue weighted by Crippen LogP contribution is -2.61. The molecule has 0 radical (unpaired) electrons. The van der Waals surface area contributed by atoms with E-state index >= 15 is 0 Å². The van der Waals surface area contributed by atoms with Crippen molar-refractivity contribution in [3.8, 4) is 11.3 Å². The third-order valence-corrected chi connectivity index (χ3v) is 27.8. The van der Waals surface area contributed by atoms with Crippen LogP contribution in [0.4, 0.5) is 23.7 Å². The zero-order valence-electron chi connectivity index (χ0n) is 81.6. The number of fused-ring (bicyclic) bond motifs is 6. The minimum atomic E-state index is -2.46. The Balaban J connectivity index is 0.480. The summed E-state index contributed by atoms with van der Waals surface area (Å²) in [6, 6.07) is 10.8. The largest absolute Gasteiger partial charge is 0.460 e. The first-order valence-corrected chi connectivity index (χ1v) is 48.8. The first-order chi connectivity index (χ1) is 66.6. The van der Waals surface area contributed by atoms with E-state index in [0.717, 1.165) is 33.4 Å². The third-order valence-electron chi connectivity index (χ3n) is 27.8. The number of aryl methyl sites for hydroxylation is 1. The molecule has 5 aliphatic heterocycles. The monoisotopic (exact) mass is 1910 g/mol. The molecule has 10 heterocycles. The van der Waals surface area contributed by atoms with Crippen molar-refractivity contribution in [2.45, 2.75) is 238 Å². The van der Waals surface area contributed by atoms with Crippen LogP contribution in [0.25, 0.3) is 33.4 Å². The fraction of sp³-hybridized carbons (Fsp3) is 0.598. The maximum atomic E-state index is 14.9. The molecule has 0 unspecified atom stereocenters. The zero-order valence-corrected chi connectivity index (χ0v) is 81.6. The van der Waals surface area contributed by atoms with E-state index in [-0.39, 0.29) is 92.0 Å². The summed E-state index contributed by atoms with van der Waals surface area (Å²) in [5.74, 6) is -6.29. The molecule has 6 aliphatic rings. The Labute approximate surface area is 807 Å². The highest BCUT2D eigenvalue weighted by Crippen LogP contribution is 2.41. The van der Waals surface area contributed by atoms with Crippen molar-refractivity contribution >= 4 is 87.0 Å². The minimum Gasteiger partial charge on any atom is -0.460 e. The van der Waals surface area contributed by atoms with E-state index < -0.39 is 90.2 Å². The van der Waals surface area contributed by atoms with Crippen LogP contribution in [0.2, 0.25) is 0 Å². The summed E-state index contributed by atoms with van der Waals surface area (Å²) in [4.78, 5) is 137. The van der Waals surface area contributed by atoms with Crippen molar-refractivity contribution in [3.05, 3.63) is 143 Å². The summed E-state index contributed by atoms with van der Waals surface area (Å²) in [6.45, 7) is 19.8. The number of piperidine rings is 1. The van der Waals surface area contributed by atoms with E-state index in [0.29, 0.717) is 239 Å². The van der Waals surface area contributed by atoms with Gasteiger partial charge in [-0.25, -0.2) is 39.4 Å². The molecule has 5 aromatic heterocycles. The molecule has 748 valence electrons. The van der Waals surface area contributed by atoms with Gasteiger partial charge in [-0.1, -0.05) is 89.3 Å². The third kappa shape index (κ3) is 27.5.